The van der Waals surface area contributed by atoms with Crippen molar-refractivity contribution in [2.24, 2.45) is 0 Å². The number of aromatic hydroxyl groups is 1. The fourth-order valence-corrected chi connectivity index (χ4v) is 2.73. The van der Waals surface area contributed by atoms with Crippen molar-refractivity contribution in [3.8, 4) is 5.75 Å². The number of benzene rings is 2. The number of hydrogen-bond acceptors (Lipinski definition) is 4. The molecule has 0 aliphatic heterocycles. The number of para-hydroxylation sites is 1. The van der Waals surface area contributed by atoms with Gasteiger partial charge in [-0.2, -0.15) is 0 Å². The Morgan fingerprint density at radius 3 is 2.50 bits per heavy atom. The van der Waals surface area contributed by atoms with Crippen molar-refractivity contribution in [2.45, 2.75) is 20.4 Å². The van der Waals surface area contributed by atoms with E-state index in [0.29, 0.717) is 34.0 Å². The lowest BCUT2D eigenvalue weighted by Gasteiger charge is -2.19. The highest BCUT2D eigenvalue weighted by molar-refractivity contribution is 5.91. The van der Waals surface area contributed by atoms with Crippen LogP contribution in [0.2, 0.25) is 0 Å². The normalized spacial score (nSPS) is 11.6. The van der Waals surface area contributed by atoms with Crippen molar-refractivity contribution in [2.75, 3.05) is 13.1 Å². The Balaban J connectivity index is 2.31. The van der Waals surface area contributed by atoms with Gasteiger partial charge in [0.25, 0.3) is 0 Å². The van der Waals surface area contributed by atoms with Crippen molar-refractivity contribution in [3.05, 3.63) is 52.2 Å². The number of rotatable bonds is 4. The maximum atomic E-state index is 12.6. The van der Waals surface area contributed by atoms with Crippen LogP contribution in [0.1, 0.15) is 19.4 Å². The Bertz CT molecular complexity index is 879. The Kier molecular flexibility index (Phi) is 3.86. The van der Waals surface area contributed by atoms with Crippen LogP contribution in [0.15, 0.2) is 45.6 Å². The number of phenols is 1. The number of nitrogens with zero attached hydrogens (tertiary/aromatic N) is 1. The van der Waals surface area contributed by atoms with Gasteiger partial charge in [-0.1, -0.05) is 26.0 Å². The molecule has 1 aromatic heterocycles. The highest BCUT2D eigenvalue weighted by Gasteiger charge is 2.16. The van der Waals surface area contributed by atoms with Crippen LogP contribution in [0.3, 0.4) is 0 Å². The highest BCUT2D eigenvalue weighted by atomic mass is 16.3. The van der Waals surface area contributed by atoms with E-state index >= 15 is 0 Å². The lowest BCUT2D eigenvalue weighted by atomic mass is 10.1. The van der Waals surface area contributed by atoms with E-state index in [0.717, 1.165) is 13.1 Å². The van der Waals surface area contributed by atoms with E-state index in [1.165, 1.54) is 0 Å². The van der Waals surface area contributed by atoms with Crippen LogP contribution >= 0.6 is 0 Å². The number of hydrogen-bond donors (Lipinski definition) is 1. The van der Waals surface area contributed by atoms with Crippen molar-refractivity contribution >= 4 is 21.9 Å². The van der Waals surface area contributed by atoms with Crippen molar-refractivity contribution < 1.29 is 9.52 Å². The third kappa shape index (κ3) is 2.35. The molecule has 1 heterocycles. The first-order valence-corrected chi connectivity index (χ1v) is 7.54. The first-order chi connectivity index (χ1) is 10.7. The first kappa shape index (κ1) is 14.6. The van der Waals surface area contributed by atoms with Gasteiger partial charge in [0.2, 0.25) is 5.43 Å². The van der Waals surface area contributed by atoms with Crippen molar-refractivity contribution in [3.63, 3.8) is 0 Å². The van der Waals surface area contributed by atoms with Gasteiger partial charge in [0.15, 0.2) is 0 Å². The summed E-state index contributed by atoms with van der Waals surface area (Å²) in [5.74, 6) is 0.165. The second kappa shape index (κ2) is 5.81. The molecule has 0 bridgehead atoms. The van der Waals surface area contributed by atoms with Crippen molar-refractivity contribution in [1.29, 1.82) is 0 Å². The molecule has 22 heavy (non-hydrogen) atoms. The molecule has 114 valence electrons. The minimum Gasteiger partial charge on any atom is -0.507 e. The average Bonchev–Trinajstić information content (AvgIpc) is 2.54. The standard InChI is InChI=1S/C18H19NO3/c1-3-19(4-2)11-14-15(20)10-9-13-17(21)12-7-5-6-8-16(12)22-18(13)14/h5-10,20H,3-4,11H2,1-2H3. The van der Waals surface area contributed by atoms with Gasteiger partial charge in [0.1, 0.15) is 16.9 Å². The molecule has 0 saturated carbocycles. The summed E-state index contributed by atoms with van der Waals surface area (Å²) < 4.78 is 5.94. The predicted octanol–water partition coefficient (Wildman–Crippen LogP) is 3.49. The summed E-state index contributed by atoms with van der Waals surface area (Å²) in [4.78, 5) is 14.8. The summed E-state index contributed by atoms with van der Waals surface area (Å²) >= 11 is 0. The van der Waals surface area contributed by atoms with E-state index in [-0.39, 0.29) is 11.2 Å². The van der Waals surface area contributed by atoms with Gasteiger partial charge in [-0.15, -0.1) is 0 Å². The second-order valence-electron chi connectivity index (χ2n) is 5.33. The molecule has 2 aromatic carbocycles. The van der Waals surface area contributed by atoms with Crippen LogP contribution in [0.25, 0.3) is 21.9 Å². The zero-order chi connectivity index (χ0) is 15.7. The molecule has 0 spiro atoms. The third-order valence-corrected chi connectivity index (χ3v) is 4.10. The number of phenolic OH excluding ortho intramolecular Hbond substituents is 1. The van der Waals surface area contributed by atoms with Crippen LogP contribution in [0.5, 0.6) is 5.75 Å². The Labute approximate surface area is 128 Å². The summed E-state index contributed by atoms with van der Waals surface area (Å²) in [5, 5.41) is 11.3. The van der Waals surface area contributed by atoms with E-state index < -0.39 is 0 Å². The minimum atomic E-state index is -0.0577. The third-order valence-electron chi connectivity index (χ3n) is 4.10. The maximum absolute atomic E-state index is 12.6. The smallest absolute Gasteiger partial charge is 0.200 e. The van der Waals surface area contributed by atoms with Crippen LogP contribution in [-0.2, 0) is 6.54 Å². The zero-order valence-corrected chi connectivity index (χ0v) is 12.8. The molecule has 0 amide bonds. The highest BCUT2D eigenvalue weighted by Crippen LogP contribution is 2.29. The molecule has 3 rings (SSSR count). The fraction of sp³-hybridized carbons (Fsp3) is 0.278. The second-order valence-corrected chi connectivity index (χ2v) is 5.33. The van der Waals surface area contributed by atoms with Gasteiger partial charge in [0, 0.05) is 6.54 Å². The fourth-order valence-electron chi connectivity index (χ4n) is 2.73. The van der Waals surface area contributed by atoms with E-state index in [1.807, 2.05) is 12.1 Å². The van der Waals surface area contributed by atoms with Gasteiger partial charge in [-0.3, -0.25) is 9.69 Å². The molecule has 0 aliphatic rings. The van der Waals surface area contributed by atoms with Gasteiger partial charge < -0.3 is 9.52 Å². The summed E-state index contributed by atoms with van der Waals surface area (Å²) in [6.45, 7) is 6.42. The van der Waals surface area contributed by atoms with E-state index in [1.54, 1.807) is 24.3 Å². The Morgan fingerprint density at radius 1 is 1.05 bits per heavy atom. The van der Waals surface area contributed by atoms with Gasteiger partial charge >= 0.3 is 0 Å². The molecule has 0 fully saturated rings. The molecule has 0 atom stereocenters. The van der Waals surface area contributed by atoms with Gasteiger partial charge in [-0.05, 0) is 37.4 Å². The lowest BCUT2D eigenvalue weighted by Crippen LogP contribution is -2.22. The number of fused-ring (bicyclic) bond motifs is 2. The Hall–Kier alpha value is -2.33. The molecular weight excluding hydrogens is 278 g/mol. The van der Waals surface area contributed by atoms with Gasteiger partial charge in [0.05, 0.1) is 16.3 Å². The molecular formula is C18H19NO3. The van der Waals surface area contributed by atoms with Crippen LogP contribution in [0.4, 0.5) is 0 Å². The monoisotopic (exact) mass is 297 g/mol. The minimum absolute atomic E-state index is 0.0577. The largest absolute Gasteiger partial charge is 0.507 e. The molecule has 0 radical (unpaired) electrons. The van der Waals surface area contributed by atoms with E-state index in [4.69, 9.17) is 4.42 Å². The Morgan fingerprint density at radius 2 is 1.77 bits per heavy atom. The summed E-state index contributed by atoms with van der Waals surface area (Å²) in [7, 11) is 0. The SMILES string of the molecule is CCN(CC)Cc1c(O)ccc2c(=O)c3ccccc3oc12. The molecule has 4 heteroatoms. The first-order valence-electron chi connectivity index (χ1n) is 7.54. The zero-order valence-electron chi connectivity index (χ0n) is 12.8. The van der Waals surface area contributed by atoms with Crippen molar-refractivity contribution in [1.82, 2.24) is 4.90 Å². The summed E-state index contributed by atoms with van der Waals surface area (Å²) in [6.07, 6.45) is 0. The average molecular weight is 297 g/mol. The lowest BCUT2D eigenvalue weighted by molar-refractivity contribution is 0.291. The van der Waals surface area contributed by atoms with Crippen LogP contribution in [-0.4, -0.2) is 23.1 Å². The molecule has 0 aliphatic carbocycles. The molecule has 3 aromatic rings. The molecule has 0 unspecified atom stereocenters. The van der Waals surface area contributed by atoms with Gasteiger partial charge in [-0.25, -0.2) is 0 Å². The molecule has 1 N–H and O–H groups in total. The maximum Gasteiger partial charge on any atom is 0.200 e. The molecule has 4 nitrogen and oxygen atoms in total. The van der Waals surface area contributed by atoms with Crippen LogP contribution in [0, 0.1) is 0 Å². The predicted molar refractivity (Wildman–Crippen MR) is 88.3 cm³/mol. The topological polar surface area (TPSA) is 53.7 Å². The van der Waals surface area contributed by atoms with E-state index in [9.17, 15) is 9.90 Å². The summed E-state index contributed by atoms with van der Waals surface area (Å²) in [6, 6.07) is 10.4. The van der Waals surface area contributed by atoms with Crippen LogP contribution < -0.4 is 5.43 Å². The quantitative estimate of drug-likeness (QED) is 0.749. The van der Waals surface area contributed by atoms with E-state index in [2.05, 4.69) is 18.7 Å². The molecule has 0 saturated heterocycles. The summed E-state index contributed by atoms with van der Waals surface area (Å²) in [5.41, 5.74) is 1.64.